The fraction of sp³-hybridized carbons (Fsp3) is 0.417. The summed E-state index contributed by atoms with van der Waals surface area (Å²) < 4.78 is 3.25. The van der Waals surface area contributed by atoms with Gasteiger partial charge < -0.3 is 5.73 Å². The number of nitrogens with two attached hydrogens (primary N) is 1. The standard InChI is InChI=1S/C12H17N5O/c1-3-9(2)16-5-4-11(15-16)8-17-12(18)6-10(13)7-14-17/h4-7,9H,3,8,13H2,1-2H3. The third-order valence-electron chi connectivity index (χ3n) is 2.91. The van der Waals surface area contributed by atoms with E-state index in [-0.39, 0.29) is 5.56 Å². The molecule has 1 unspecified atom stereocenters. The summed E-state index contributed by atoms with van der Waals surface area (Å²) in [5, 5.41) is 8.40. The van der Waals surface area contributed by atoms with Crippen LogP contribution in [-0.2, 0) is 6.54 Å². The molecule has 2 aromatic rings. The number of anilines is 1. The highest BCUT2D eigenvalue weighted by molar-refractivity contribution is 5.31. The third-order valence-corrected chi connectivity index (χ3v) is 2.91. The molecule has 0 aromatic carbocycles. The highest BCUT2D eigenvalue weighted by Crippen LogP contribution is 2.09. The van der Waals surface area contributed by atoms with Crippen molar-refractivity contribution < 1.29 is 0 Å². The summed E-state index contributed by atoms with van der Waals surface area (Å²) in [6, 6.07) is 3.62. The summed E-state index contributed by atoms with van der Waals surface area (Å²) in [6.45, 7) is 4.57. The molecule has 2 N–H and O–H groups in total. The zero-order valence-corrected chi connectivity index (χ0v) is 10.6. The topological polar surface area (TPSA) is 78.7 Å². The Hall–Kier alpha value is -2.11. The van der Waals surface area contributed by atoms with E-state index in [0.29, 0.717) is 18.3 Å². The lowest BCUT2D eigenvalue weighted by Gasteiger charge is -2.08. The van der Waals surface area contributed by atoms with E-state index in [2.05, 4.69) is 24.0 Å². The molecule has 0 bridgehead atoms. The summed E-state index contributed by atoms with van der Waals surface area (Å²) >= 11 is 0. The number of rotatable bonds is 4. The van der Waals surface area contributed by atoms with E-state index in [9.17, 15) is 4.79 Å². The van der Waals surface area contributed by atoms with Gasteiger partial charge in [-0.25, -0.2) is 4.68 Å². The first-order valence-corrected chi connectivity index (χ1v) is 5.97. The van der Waals surface area contributed by atoms with Crippen molar-refractivity contribution in [3.05, 3.63) is 40.6 Å². The van der Waals surface area contributed by atoms with Crippen LogP contribution in [0.2, 0.25) is 0 Å². The maximum absolute atomic E-state index is 11.6. The molecule has 0 saturated heterocycles. The largest absolute Gasteiger partial charge is 0.397 e. The maximum Gasteiger partial charge on any atom is 0.269 e. The molecule has 0 aliphatic heterocycles. The van der Waals surface area contributed by atoms with Crippen LogP contribution in [0.5, 0.6) is 0 Å². The first kappa shape index (κ1) is 12.3. The van der Waals surface area contributed by atoms with Crippen LogP contribution in [0, 0.1) is 0 Å². The lowest BCUT2D eigenvalue weighted by molar-refractivity contribution is 0.470. The molecule has 0 saturated carbocycles. The van der Waals surface area contributed by atoms with Gasteiger partial charge in [-0.05, 0) is 19.4 Å². The molecule has 0 aliphatic carbocycles. The second-order valence-electron chi connectivity index (χ2n) is 4.33. The minimum Gasteiger partial charge on any atom is -0.397 e. The van der Waals surface area contributed by atoms with Crippen LogP contribution in [-0.4, -0.2) is 19.6 Å². The van der Waals surface area contributed by atoms with Gasteiger partial charge in [-0.1, -0.05) is 6.92 Å². The van der Waals surface area contributed by atoms with Crippen LogP contribution in [0.4, 0.5) is 5.69 Å². The van der Waals surface area contributed by atoms with Gasteiger partial charge in [0.25, 0.3) is 5.56 Å². The smallest absolute Gasteiger partial charge is 0.269 e. The molecule has 6 heteroatoms. The Kier molecular flexibility index (Phi) is 3.45. The van der Waals surface area contributed by atoms with Crippen LogP contribution in [0.3, 0.4) is 0 Å². The van der Waals surface area contributed by atoms with Crippen molar-refractivity contribution in [1.82, 2.24) is 19.6 Å². The molecule has 0 fully saturated rings. The summed E-state index contributed by atoms with van der Waals surface area (Å²) in [4.78, 5) is 11.6. The molecule has 0 radical (unpaired) electrons. The van der Waals surface area contributed by atoms with Gasteiger partial charge in [0, 0.05) is 18.3 Å². The molecule has 18 heavy (non-hydrogen) atoms. The number of nitrogen functional groups attached to an aromatic ring is 1. The molecule has 0 amide bonds. The van der Waals surface area contributed by atoms with Crippen molar-refractivity contribution in [3.8, 4) is 0 Å². The number of nitrogens with zero attached hydrogens (tertiary/aromatic N) is 4. The first-order chi connectivity index (χ1) is 8.60. The molecule has 2 heterocycles. The van der Waals surface area contributed by atoms with Crippen LogP contribution in [0.1, 0.15) is 32.0 Å². The van der Waals surface area contributed by atoms with Gasteiger partial charge >= 0.3 is 0 Å². The summed E-state index contributed by atoms with van der Waals surface area (Å²) in [6.07, 6.45) is 4.40. The normalized spacial score (nSPS) is 12.6. The molecule has 1 atom stereocenters. The minimum absolute atomic E-state index is 0.215. The van der Waals surface area contributed by atoms with Gasteiger partial charge in [-0.2, -0.15) is 10.2 Å². The Morgan fingerprint density at radius 1 is 1.50 bits per heavy atom. The zero-order chi connectivity index (χ0) is 13.1. The summed E-state index contributed by atoms with van der Waals surface area (Å²) in [7, 11) is 0. The highest BCUT2D eigenvalue weighted by Gasteiger charge is 2.06. The number of hydrogen-bond donors (Lipinski definition) is 1. The van der Waals surface area contributed by atoms with Gasteiger partial charge in [0.1, 0.15) is 0 Å². The van der Waals surface area contributed by atoms with Crippen molar-refractivity contribution >= 4 is 5.69 Å². The fourth-order valence-electron chi connectivity index (χ4n) is 1.61. The number of aromatic nitrogens is 4. The third kappa shape index (κ3) is 2.58. The minimum atomic E-state index is -0.215. The van der Waals surface area contributed by atoms with Crippen molar-refractivity contribution in [3.63, 3.8) is 0 Å². The quantitative estimate of drug-likeness (QED) is 0.875. The van der Waals surface area contributed by atoms with Crippen molar-refractivity contribution in [2.45, 2.75) is 32.9 Å². The Morgan fingerprint density at radius 3 is 2.94 bits per heavy atom. The molecule has 2 rings (SSSR count). The Balaban J connectivity index is 2.19. The van der Waals surface area contributed by atoms with Crippen LogP contribution in [0.25, 0.3) is 0 Å². The average Bonchev–Trinajstić information content (AvgIpc) is 2.80. The van der Waals surface area contributed by atoms with Crippen LogP contribution >= 0.6 is 0 Å². The molecule has 96 valence electrons. The second kappa shape index (κ2) is 5.03. The second-order valence-corrected chi connectivity index (χ2v) is 4.33. The molecule has 0 spiro atoms. The average molecular weight is 247 g/mol. The van der Waals surface area contributed by atoms with E-state index in [0.717, 1.165) is 12.1 Å². The lowest BCUT2D eigenvalue weighted by Crippen LogP contribution is -2.23. The number of hydrogen-bond acceptors (Lipinski definition) is 4. The SMILES string of the molecule is CCC(C)n1ccc(Cn2ncc(N)cc2=O)n1. The summed E-state index contributed by atoms with van der Waals surface area (Å²) in [5.41, 5.74) is 6.46. The van der Waals surface area contributed by atoms with Crippen molar-refractivity contribution in [2.75, 3.05) is 5.73 Å². The van der Waals surface area contributed by atoms with Gasteiger partial charge in [0.15, 0.2) is 0 Å². The maximum atomic E-state index is 11.6. The Morgan fingerprint density at radius 2 is 2.28 bits per heavy atom. The van der Waals surface area contributed by atoms with Crippen molar-refractivity contribution in [1.29, 1.82) is 0 Å². The molecular formula is C12H17N5O. The first-order valence-electron chi connectivity index (χ1n) is 5.97. The molecular weight excluding hydrogens is 230 g/mol. The van der Waals surface area contributed by atoms with Gasteiger partial charge in [0.05, 0.1) is 24.1 Å². The zero-order valence-electron chi connectivity index (χ0n) is 10.6. The lowest BCUT2D eigenvalue weighted by atomic mass is 10.3. The van der Waals surface area contributed by atoms with Crippen molar-refractivity contribution in [2.24, 2.45) is 0 Å². The Bertz CT molecular complexity index is 586. The highest BCUT2D eigenvalue weighted by atomic mass is 16.1. The Labute approximate surface area is 105 Å². The molecule has 6 nitrogen and oxygen atoms in total. The van der Waals surface area contributed by atoms with E-state index in [1.54, 1.807) is 0 Å². The van der Waals surface area contributed by atoms with Gasteiger partial charge in [-0.15, -0.1) is 0 Å². The predicted molar refractivity (Wildman–Crippen MR) is 69.2 cm³/mol. The van der Waals surface area contributed by atoms with E-state index < -0.39 is 0 Å². The van der Waals surface area contributed by atoms with E-state index in [1.165, 1.54) is 16.9 Å². The van der Waals surface area contributed by atoms with E-state index in [1.807, 2.05) is 16.9 Å². The van der Waals surface area contributed by atoms with E-state index >= 15 is 0 Å². The van der Waals surface area contributed by atoms with Gasteiger partial charge in [-0.3, -0.25) is 9.48 Å². The van der Waals surface area contributed by atoms with Gasteiger partial charge in [0.2, 0.25) is 0 Å². The molecule has 0 aliphatic rings. The fourth-order valence-corrected chi connectivity index (χ4v) is 1.61. The van der Waals surface area contributed by atoms with Crippen LogP contribution in [0.15, 0.2) is 29.3 Å². The monoisotopic (exact) mass is 247 g/mol. The summed E-state index contributed by atoms with van der Waals surface area (Å²) in [5.74, 6) is 0. The molecule has 2 aromatic heterocycles. The van der Waals surface area contributed by atoms with Crippen LogP contribution < -0.4 is 11.3 Å². The van der Waals surface area contributed by atoms with E-state index in [4.69, 9.17) is 5.73 Å². The predicted octanol–water partition coefficient (Wildman–Crippen LogP) is 1.04.